The molecule has 626 valence electrons. The predicted octanol–water partition coefficient (Wildman–Crippen LogP) is 12.8. The second-order valence-electron chi connectivity index (χ2n) is 31.8. The van der Waals surface area contributed by atoms with Crippen molar-refractivity contribution in [1.82, 2.24) is 10.6 Å². The van der Waals surface area contributed by atoms with Gasteiger partial charge in [0, 0.05) is 19.8 Å². The highest BCUT2D eigenvalue weighted by Crippen LogP contribution is 2.39. The summed E-state index contributed by atoms with van der Waals surface area (Å²) in [7, 11) is 0. The van der Waals surface area contributed by atoms with Gasteiger partial charge in [-0.3, -0.25) is 9.59 Å². The van der Waals surface area contributed by atoms with Crippen LogP contribution < -0.4 is 10.6 Å². The lowest BCUT2D eigenvalue weighted by atomic mass is 9.88. The number of carbonyl (C=O) groups excluding carboxylic acids is 2. The largest absolute Gasteiger partial charge is 0.477 e. The van der Waals surface area contributed by atoms with Gasteiger partial charge in [-0.1, -0.05) is 341 Å². The third-order valence-corrected chi connectivity index (χ3v) is 22.3. The van der Waals surface area contributed by atoms with E-state index in [4.69, 9.17) is 28.4 Å². The average Bonchev–Trinajstić information content (AvgIpc) is 0.754. The summed E-state index contributed by atoms with van der Waals surface area (Å²) < 4.78 is 35.0. The standard InChI is InChI=1S/C83H158N2O21/c1-4-6-8-10-12-14-16-18-20-22-24-26-28-29-30-31-32-33-35-37-39-41-43-45-47-49-51-53-55-57-70(93)85-64(65(90)56-54-52-50-48-46-44-42-40-38-36-34-27-25-23-21-19-17-15-13-11-9-7-5-2)62-101-80-75(97)74(96)77(69(61-88)103-80)104-81-76(98)79(73(95)68(60-87)102-81)106-83(82(99)100)58-66(91)71(84-63(3)89)78(105-83)72(94)67(92)59-86/h64-69,71-81,86-88,90-92,94-98H,4-62H2,1-3H3,(H,84,89)(H,85,93)(H,99,100). The van der Waals surface area contributed by atoms with Crippen LogP contribution in [0.4, 0.5) is 0 Å². The SMILES string of the molecule is CCCCCCCCCCCCCCCCCCCCCCCCCCCCCCCC(=O)NC(COC1OC(CO)C(OC2OC(CO)C(O)C(OC3(C(=O)O)CC(O)C(NC(C)=O)C(C(O)C(O)CO)O3)C2O)C(O)C1O)C(O)CCCCCCCCCCCCCCCCCCCCCCCCC. The molecule has 3 saturated heterocycles. The van der Waals surface area contributed by atoms with Gasteiger partial charge < -0.3 is 100 Å². The van der Waals surface area contributed by atoms with E-state index in [2.05, 4.69) is 24.5 Å². The number of carbonyl (C=O) groups is 3. The summed E-state index contributed by atoms with van der Waals surface area (Å²) in [5.74, 6) is -6.08. The topological polar surface area (TPSA) is 373 Å². The Morgan fingerprint density at radius 3 is 1.18 bits per heavy atom. The smallest absolute Gasteiger partial charge is 0.364 e. The first-order valence-electron chi connectivity index (χ1n) is 43.4. The summed E-state index contributed by atoms with van der Waals surface area (Å²) in [5.41, 5.74) is 0. The fourth-order valence-corrected chi connectivity index (χ4v) is 15.5. The van der Waals surface area contributed by atoms with Crippen molar-refractivity contribution in [3.05, 3.63) is 0 Å². The van der Waals surface area contributed by atoms with Crippen LogP contribution in [0.2, 0.25) is 0 Å². The lowest BCUT2D eigenvalue weighted by molar-refractivity contribution is -0.386. The van der Waals surface area contributed by atoms with Gasteiger partial charge in [0.05, 0.1) is 50.7 Å². The van der Waals surface area contributed by atoms with Crippen LogP contribution in [0.25, 0.3) is 0 Å². The Hall–Kier alpha value is -2.27. The minimum atomic E-state index is -3.08. The number of hydrogen-bond donors (Lipinski definition) is 14. The van der Waals surface area contributed by atoms with Gasteiger partial charge in [0.2, 0.25) is 11.8 Å². The third-order valence-electron chi connectivity index (χ3n) is 22.3. The van der Waals surface area contributed by atoms with E-state index in [-0.39, 0.29) is 18.9 Å². The van der Waals surface area contributed by atoms with Crippen LogP contribution in [0.3, 0.4) is 0 Å². The molecule has 3 aliphatic heterocycles. The van der Waals surface area contributed by atoms with E-state index < -0.39 is 148 Å². The molecule has 3 aliphatic rings. The molecule has 18 atom stereocenters. The van der Waals surface area contributed by atoms with Crippen LogP contribution in [0, 0.1) is 0 Å². The van der Waals surface area contributed by atoms with Gasteiger partial charge in [-0.2, -0.15) is 0 Å². The highest BCUT2D eigenvalue weighted by molar-refractivity contribution is 5.77. The second kappa shape index (κ2) is 62.2. The molecule has 3 rings (SSSR count). The predicted molar refractivity (Wildman–Crippen MR) is 412 cm³/mol. The summed E-state index contributed by atoms with van der Waals surface area (Å²) in [6.45, 7) is 2.29. The molecule has 14 N–H and O–H groups in total. The highest BCUT2D eigenvalue weighted by Gasteiger charge is 2.60. The first-order valence-corrected chi connectivity index (χ1v) is 43.4. The molecule has 0 aromatic carbocycles. The lowest BCUT2D eigenvalue weighted by Gasteiger charge is -2.50. The molecule has 23 nitrogen and oxygen atoms in total. The van der Waals surface area contributed by atoms with E-state index in [1.165, 1.54) is 276 Å². The summed E-state index contributed by atoms with van der Waals surface area (Å²) in [4.78, 5) is 38.8. The zero-order valence-electron chi connectivity index (χ0n) is 66.6. The summed E-state index contributed by atoms with van der Waals surface area (Å²) in [6, 6.07) is -2.53. The van der Waals surface area contributed by atoms with Crippen molar-refractivity contribution in [3.63, 3.8) is 0 Å². The zero-order valence-corrected chi connectivity index (χ0v) is 66.6. The van der Waals surface area contributed by atoms with Crippen LogP contribution in [0.1, 0.15) is 374 Å². The van der Waals surface area contributed by atoms with Crippen molar-refractivity contribution in [3.8, 4) is 0 Å². The van der Waals surface area contributed by atoms with Gasteiger partial charge in [0.15, 0.2) is 12.6 Å². The van der Waals surface area contributed by atoms with Gasteiger partial charge in [-0.15, -0.1) is 0 Å². The molecule has 3 heterocycles. The van der Waals surface area contributed by atoms with Crippen molar-refractivity contribution in [2.45, 2.75) is 484 Å². The molecule has 23 heteroatoms. The summed E-state index contributed by atoms with van der Waals surface area (Å²) >= 11 is 0. The van der Waals surface area contributed by atoms with Crippen LogP contribution in [-0.4, -0.2) is 215 Å². The Bertz CT molecular complexity index is 2110. The molecule has 2 amide bonds. The molecule has 0 radical (unpaired) electrons. The second-order valence-corrected chi connectivity index (χ2v) is 31.8. The molecule has 3 fully saturated rings. The van der Waals surface area contributed by atoms with Gasteiger partial charge >= 0.3 is 5.97 Å². The number of ether oxygens (including phenoxy) is 6. The van der Waals surface area contributed by atoms with E-state index in [0.717, 1.165) is 51.9 Å². The lowest BCUT2D eigenvalue weighted by Crippen LogP contribution is -2.70. The minimum absolute atomic E-state index is 0.230. The fraction of sp³-hybridized carbons (Fsp3) is 0.964. The number of aliphatic carboxylic acids is 1. The third kappa shape index (κ3) is 41.5. The van der Waals surface area contributed by atoms with Gasteiger partial charge in [0.25, 0.3) is 5.79 Å². The quantitative estimate of drug-likeness (QED) is 0.0252. The van der Waals surface area contributed by atoms with Crippen molar-refractivity contribution >= 4 is 17.8 Å². The average molecular weight is 1520 g/mol. The Morgan fingerprint density at radius 1 is 0.453 bits per heavy atom. The fourth-order valence-electron chi connectivity index (χ4n) is 15.5. The molecule has 0 aromatic heterocycles. The number of carboxylic acid groups (broad SMARTS) is 1. The Kier molecular flexibility index (Phi) is 57.5. The van der Waals surface area contributed by atoms with E-state index in [0.29, 0.717) is 19.3 Å². The van der Waals surface area contributed by atoms with E-state index in [9.17, 15) is 75.7 Å². The number of carboxylic acids is 1. The van der Waals surface area contributed by atoms with Crippen molar-refractivity contribution in [1.29, 1.82) is 0 Å². The Balaban J connectivity index is 1.47. The number of amides is 2. The molecular weight excluding hydrogens is 1360 g/mol. The first kappa shape index (κ1) is 97.9. The maximum Gasteiger partial charge on any atom is 0.364 e. The summed E-state index contributed by atoms with van der Waals surface area (Å²) in [6.07, 6.45) is 38.2. The van der Waals surface area contributed by atoms with E-state index in [1.54, 1.807) is 0 Å². The number of aliphatic hydroxyl groups is 11. The number of unbranched alkanes of at least 4 members (excludes halogenated alkanes) is 50. The number of hydrogen-bond acceptors (Lipinski definition) is 20. The molecule has 0 aromatic rings. The minimum Gasteiger partial charge on any atom is -0.477 e. The molecule has 0 saturated carbocycles. The number of rotatable bonds is 70. The van der Waals surface area contributed by atoms with Crippen molar-refractivity contribution in [2.75, 3.05) is 26.4 Å². The first-order chi connectivity index (χ1) is 51.4. The number of nitrogens with one attached hydrogen (secondary N) is 2. The molecule has 0 aliphatic carbocycles. The van der Waals surface area contributed by atoms with Crippen LogP contribution in [0.5, 0.6) is 0 Å². The van der Waals surface area contributed by atoms with Crippen molar-refractivity contribution < 1.29 is 104 Å². The van der Waals surface area contributed by atoms with Crippen LogP contribution in [-0.2, 0) is 42.8 Å². The molecule has 0 bridgehead atoms. The van der Waals surface area contributed by atoms with Gasteiger partial charge in [-0.25, -0.2) is 4.79 Å². The van der Waals surface area contributed by atoms with Crippen LogP contribution >= 0.6 is 0 Å². The molecule has 18 unspecified atom stereocenters. The normalized spacial score (nSPS) is 26.0. The maximum atomic E-state index is 13.6. The Labute approximate surface area is 639 Å². The Morgan fingerprint density at radius 2 is 0.821 bits per heavy atom. The molecular formula is C83H158N2O21. The molecule has 106 heavy (non-hydrogen) atoms. The maximum absolute atomic E-state index is 13.6. The molecule has 0 spiro atoms. The van der Waals surface area contributed by atoms with Crippen LogP contribution in [0.15, 0.2) is 0 Å². The monoisotopic (exact) mass is 1520 g/mol. The highest BCUT2D eigenvalue weighted by atomic mass is 16.8. The van der Waals surface area contributed by atoms with E-state index >= 15 is 0 Å². The van der Waals surface area contributed by atoms with Crippen molar-refractivity contribution in [2.24, 2.45) is 0 Å². The summed E-state index contributed by atoms with van der Waals surface area (Å²) in [5, 5.41) is 137. The van der Waals surface area contributed by atoms with Gasteiger partial charge in [0.1, 0.15) is 67.1 Å². The van der Waals surface area contributed by atoms with E-state index in [1.807, 2.05) is 0 Å². The number of aliphatic hydroxyl groups excluding tert-OH is 11. The van der Waals surface area contributed by atoms with Gasteiger partial charge in [-0.05, 0) is 12.8 Å². The zero-order chi connectivity index (χ0) is 77.4.